The van der Waals surface area contributed by atoms with E-state index in [9.17, 15) is 0 Å². The summed E-state index contributed by atoms with van der Waals surface area (Å²) in [6, 6.07) is 54.6. The topological polar surface area (TPSA) is 44.2 Å². The number of aryl methyl sites for hydroxylation is 2. The van der Waals surface area contributed by atoms with Crippen LogP contribution in [-0.2, 0) is 34.2 Å². The van der Waals surface area contributed by atoms with E-state index >= 15 is 0 Å². The Morgan fingerprint density at radius 2 is 1.36 bits per heavy atom. The van der Waals surface area contributed by atoms with E-state index in [4.69, 9.17) is 9.40 Å². The third-order valence-electron chi connectivity index (χ3n) is 10.4. The van der Waals surface area contributed by atoms with Crippen LogP contribution in [0.2, 0.25) is 0 Å². The number of imidazole rings is 2. The van der Waals surface area contributed by atoms with Crippen LogP contribution < -0.4 is 4.57 Å². The average Bonchev–Trinajstić information content (AvgIpc) is 3.99. The summed E-state index contributed by atoms with van der Waals surface area (Å²) in [6.07, 6.45) is 3.27. The first-order chi connectivity index (χ1) is 25.6. The second-order valence-corrected chi connectivity index (χ2v) is 13.3. The molecule has 0 bridgehead atoms. The Labute approximate surface area is 317 Å². The van der Waals surface area contributed by atoms with E-state index in [0.717, 1.165) is 55.6 Å². The molecule has 12 aromatic rings. The molecule has 7 heteroatoms. The maximum absolute atomic E-state index is 6.48. The van der Waals surface area contributed by atoms with Crippen molar-refractivity contribution in [3.8, 4) is 17.1 Å². The predicted molar refractivity (Wildman–Crippen MR) is 209 cm³/mol. The van der Waals surface area contributed by atoms with Crippen molar-refractivity contribution in [3.05, 3.63) is 158 Å². The van der Waals surface area contributed by atoms with Crippen molar-refractivity contribution in [2.45, 2.75) is 0 Å². The fourth-order valence-electron chi connectivity index (χ4n) is 8.16. The largest absolute Gasteiger partial charge is 3.00 e. The van der Waals surface area contributed by atoms with Gasteiger partial charge < -0.3 is 22.5 Å². The van der Waals surface area contributed by atoms with Gasteiger partial charge in [0, 0.05) is 40.0 Å². The number of benzene rings is 7. The first-order valence-corrected chi connectivity index (χ1v) is 17.4. The molecular weight excluding hydrogens is 831 g/mol. The second-order valence-electron chi connectivity index (χ2n) is 13.3. The monoisotopic (exact) mass is 860 g/mol. The zero-order valence-corrected chi connectivity index (χ0v) is 31.2. The summed E-state index contributed by atoms with van der Waals surface area (Å²) < 4.78 is 15.1. The summed E-state index contributed by atoms with van der Waals surface area (Å²) in [5.74, 6) is 0.904. The van der Waals surface area contributed by atoms with Gasteiger partial charge in [0.05, 0.1) is 56.9 Å². The van der Waals surface area contributed by atoms with Crippen LogP contribution in [0.3, 0.4) is 0 Å². The quantitative estimate of drug-likeness (QED) is 0.128. The Morgan fingerprint density at radius 3 is 2.17 bits per heavy atom. The van der Waals surface area contributed by atoms with E-state index in [-0.39, 0.29) is 20.1 Å². The number of para-hydroxylation sites is 5. The Kier molecular flexibility index (Phi) is 7.06. The number of rotatable bonds is 2. The molecule has 0 saturated heterocycles. The first-order valence-electron chi connectivity index (χ1n) is 17.4. The Morgan fingerprint density at radius 1 is 0.623 bits per heavy atom. The third kappa shape index (κ3) is 4.54. The van der Waals surface area contributed by atoms with Gasteiger partial charge in [0.2, 0.25) is 6.33 Å². The molecule has 0 saturated carbocycles. The third-order valence-corrected chi connectivity index (χ3v) is 10.4. The number of fused-ring (bicyclic) bond motifs is 12. The van der Waals surface area contributed by atoms with E-state index in [1.165, 1.54) is 43.6 Å². The first kappa shape index (κ1) is 31.5. The van der Waals surface area contributed by atoms with Gasteiger partial charge in [0.1, 0.15) is 11.2 Å². The van der Waals surface area contributed by atoms with Gasteiger partial charge in [-0.3, -0.25) is 4.98 Å². The van der Waals surface area contributed by atoms with Crippen LogP contribution in [0.4, 0.5) is 0 Å². The van der Waals surface area contributed by atoms with E-state index in [2.05, 4.69) is 113 Å². The Balaban J connectivity index is 0.000000173. The van der Waals surface area contributed by atoms with E-state index in [0.29, 0.717) is 0 Å². The Bertz CT molecular complexity index is 3320. The molecule has 0 fully saturated rings. The molecular formula is C46H29IrN5O+. The zero-order chi connectivity index (χ0) is 34.5. The summed E-state index contributed by atoms with van der Waals surface area (Å²) in [6.45, 7) is 0. The minimum absolute atomic E-state index is 0. The zero-order valence-electron chi connectivity index (χ0n) is 28.8. The van der Waals surface area contributed by atoms with E-state index < -0.39 is 0 Å². The molecule has 0 aliphatic heterocycles. The number of aromatic nitrogens is 5. The second kappa shape index (κ2) is 11.9. The SMILES string of the molecule is C[n+]1[c-]n(-c2[c-]cccc2)c2ccccc21.Cn1c(-c2[c-]cccc2)nc2ccc3oc4cc5c(cc4c3c21)c1cccc2c3ccccc3n5c21.[Ir+3]. The van der Waals surface area contributed by atoms with Gasteiger partial charge in [-0.25, -0.2) is 0 Å². The summed E-state index contributed by atoms with van der Waals surface area (Å²) in [7, 11) is 4.08. The molecule has 6 nitrogen and oxygen atoms in total. The van der Waals surface area contributed by atoms with Gasteiger partial charge in [0.25, 0.3) is 0 Å². The van der Waals surface area contributed by atoms with Crippen molar-refractivity contribution < 1.29 is 29.1 Å². The van der Waals surface area contributed by atoms with Gasteiger partial charge in [0.15, 0.2) is 0 Å². The summed E-state index contributed by atoms with van der Waals surface area (Å²) in [5, 5.41) is 7.31. The van der Waals surface area contributed by atoms with E-state index in [1.54, 1.807) is 0 Å². The van der Waals surface area contributed by atoms with E-state index in [1.807, 2.05) is 76.8 Å². The fraction of sp³-hybridized carbons (Fsp3) is 0.0435. The molecule has 0 spiro atoms. The summed E-state index contributed by atoms with van der Waals surface area (Å²) in [5.41, 5.74) is 11.8. The van der Waals surface area contributed by atoms with Gasteiger partial charge >= 0.3 is 20.1 Å². The molecule has 5 aromatic heterocycles. The standard InChI is InChI=1S/C32H18N3O.C14H11N2.Ir/c1-34-31-24(33-32(34)18-8-3-2-4-9-18)14-15-27-29(31)23-16-22-21-12-7-11-20-19-10-5-6-13-25(19)35(30(20)21)26(22)17-28(23)36-27;1-15-11-16(12-7-3-2-4-8-12)14-10-6-5-9-13(14)15;/h2-8,10-17H,1H3;2-7,9-10H,1H3;/q2*-1;+3. The predicted octanol–water partition coefficient (Wildman–Crippen LogP) is 10.1. The maximum atomic E-state index is 6.48. The van der Waals surface area contributed by atoms with Gasteiger partial charge in [-0.1, -0.05) is 66.4 Å². The molecule has 0 unspecified atom stereocenters. The van der Waals surface area contributed by atoms with Crippen LogP contribution in [0.1, 0.15) is 0 Å². The van der Waals surface area contributed by atoms with Crippen molar-refractivity contribution in [1.29, 1.82) is 0 Å². The normalized spacial score (nSPS) is 11.8. The summed E-state index contributed by atoms with van der Waals surface area (Å²) >= 11 is 0. The van der Waals surface area contributed by atoms with Crippen molar-refractivity contribution in [2.75, 3.05) is 0 Å². The average molecular weight is 860 g/mol. The van der Waals surface area contributed by atoms with Crippen LogP contribution in [0.5, 0.6) is 0 Å². The molecule has 252 valence electrons. The fourth-order valence-corrected chi connectivity index (χ4v) is 8.16. The molecule has 0 N–H and O–H groups in total. The van der Waals surface area contributed by atoms with Crippen molar-refractivity contribution in [3.63, 3.8) is 0 Å². The molecule has 0 aliphatic carbocycles. The number of furan rings is 1. The number of hydrogen-bond donors (Lipinski definition) is 0. The van der Waals surface area contributed by atoms with Gasteiger partial charge in [-0.15, -0.1) is 35.9 Å². The number of hydrogen-bond acceptors (Lipinski definition) is 2. The molecule has 0 atom stereocenters. The van der Waals surface area contributed by atoms with Crippen molar-refractivity contribution >= 4 is 82.1 Å². The smallest absolute Gasteiger partial charge is 0.456 e. The van der Waals surface area contributed by atoms with Crippen LogP contribution in [0, 0.1) is 18.5 Å². The van der Waals surface area contributed by atoms with Crippen molar-refractivity contribution in [1.82, 2.24) is 18.5 Å². The molecule has 53 heavy (non-hydrogen) atoms. The number of nitrogens with zero attached hydrogens (tertiary/aromatic N) is 5. The minimum Gasteiger partial charge on any atom is -0.456 e. The molecule has 7 aromatic carbocycles. The molecule has 12 rings (SSSR count). The van der Waals surface area contributed by atoms with Crippen molar-refractivity contribution in [2.24, 2.45) is 14.1 Å². The van der Waals surface area contributed by atoms with Crippen LogP contribution >= 0.6 is 0 Å². The Hall–Kier alpha value is -6.27. The van der Waals surface area contributed by atoms with Gasteiger partial charge in [-0.05, 0) is 24.3 Å². The van der Waals surface area contributed by atoms with Gasteiger partial charge in [-0.2, -0.15) is 30.3 Å². The molecule has 0 aliphatic rings. The maximum Gasteiger partial charge on any atom is 3.00 e. The van der Waals surface area contributed by atoms with Crippen LogP contribution in [0.15, 0.2) is 144 Å². The minimum atomic E-state index is 0. The van der Waals surface area contributed by atoms with Crippen LogP contribution in [0.25, 0.3) is 99.2 Å². The molecule has 0 radical (unpaired) electrons. The van der Waals surface area contributed by atoms with Crippen LogP contribution in [-0.4, -0.2) is 18.5 Å². The summed E-state index contributed by atoms with van der Waals surface area (Å²) in [4.78, 5) is 4.97. The molecule has 5 heterocycles. The molecule has 0 amide bonds.